The van der Waals surface area contributed by atoms with E-state index in [1.165, 1.54) is 24.3 Å². The number of carbonyl (C=O) groups is 1. The second kappa shape index (κ2) is 6.19. The summed E-state index contributed by atoms with van der Waals surface area (Å²) in [6.45, 7) is 0. The van der Waals surface area contributed by atoms with Crippen LogP contribution in [0.15, 0.2) is 36.4 Å². The van der Waals surface area contributed by atoms with E-state index in [1.807, 2.05) is 0 Å². The predicted molar refractivity (Wildman–Crippen MR) is 74.3 cm³/mol. The van der Waals surface area contributed by atoms with Gasteiger partial charge in [-0.1, -0.05) is 12.1 Å². The largest absolute Gasteiger partial charge is 0.504 e. The molecule has 1 aromatic heterocycles. The van der Waals surface area contributed by atoms with Crippen LogP contribution in [0, 0.1) is 5.95 Å². The molecule has 1 atom stereocenters. The van der Waals surface area contributed by atoms with Gasteiger partial charge in [0.1, 0.15) is 5.82 Å². The van der Waals surface area contributed by atoms with E-state index in [1.54, 1.807) is 6.07 Å². The Balaban J connectivity index is 2.00. The highest BCUT2D eigenvalue weighted by Gasteiger charge is 2.15. The standard InChI is InChI=1S/C14H14FN3O3/c15-12-2-1-3-13(17-12)18-14(21)9(16)6-8-4-5-10(19)11(20)7-8/h1-5,7,9,19-20H,6,16H2,(H,17,18,21)/t9-/m0/s1. The summed E-state index contributed by atoms with van der Waals surface area (Å²) < 4.78 is 12.9. The highest BCUT2D eigenvalue weighted by Crippen LogP contribution is 2.25. The van der Waals surface area contributed by atoms with Crippen LogP contribution in [0.3, 0.4) is 0 Å². The molecule has 0 bridgehead atoms. The number of rotatable bonds is 4. The molecule has 0 fully saturated rings. The molecule has 1 amide bonds. The van der Waals surface area contributed by atoms with Gasteiger partial charge in [-0.25, -0.2) is 4.98 Å². The van der Waals surface area contributed by atoms with Crippen LogP contribution in [-0.2, 0) is 11.2 Å². The number of carbonyl (C=O) groups excluding carboxylic acids is 1. The van der Waals surface area contributed by atoms with Crippen molar-refractivity contribution in [2.75, 3.05) is 5.32 Å². The molecule has 110 valence electrons. The van der Waals surface area contributed by atoms with Crippen molar-refractivity contribution in [3.05, 3.63) is 47.9 Å². The lowest BCUT2D eigenvalue weighted by Crippen LogP contribution is -2.37. The minimum absolute atomic E-state index is 0.0732. The van der Waals surface area contributed by atoms with Gasteiger partial charge in [0, 0.05) is 0 Å². The van der Waals surface area contributed by atoms with Crippen molar-refractivity contribution in [1.29, 1.82) is 0 Å². The Morgan fingerprint density at radius 3 is 2.71 bits per heavy atom. The number of phenolic OH excluding ortho intramolecular Hbond substituents is 2. The third-order valence-corrected chi connectivity index (χ3v) is 2.80. The summed E-state index contributed by atoms with van der Waals surface area (Å²) in [4.78, 5) is 15.4. The molecule has 0 aliphatic carbocycles. The number of hydrogen-bond donors (Lipinski definition) is 4. The number of nitrogens with zero attached hydrogens (tertiary/aromatic N) is 1. The van der Waals surface area contributed by atoms with Crippen molar-refractivity contribution in [3.63, 3.8) is 0 Å². The molecule has 0 aliphatic heterocycles. The van der Waals surface area contributed by atoms with Crippen LogP contribution in [-0.4, -0.2) is 27.1 Å². The maximum atomic E-state index is 12.9. The molecule has 0 radical (unpaired) electrons. The highest BCUT2D eigenvalue weighted by atomic mass is 19.1. The van der Waals surface area contributed by atoms with Crippen LogP contribution in [0.2, 0.25) is 0 Å². The molecule has 0 saturated heterocycles. The zero-order valence-corrected chi connectivity index (χ0v) is 11.0. The van der Waals surface area contributed by atoms with E-state index in [4.69, 9.17) is 5.73 Å². The summed E-state index contributed by atoms with van der Waals surface area (Å²) in [7, 11) is 0. The fourth-order valence-electron chi connectivity index (χ4n) is 1.74. The number of phenols is 2. The number of nitrogens with one attached hydrogen (secondary N) is 1. The van der Waals surface area contributed by atoms with Crippen LogP contribution >= 0.6 is 0 Å². The molecule has 21 heavy (non-hydrogen) atoms. The van der Waals surface area contributed by atoms with Gasteiger partial charge in [0.25, 0.3) is 0 Å². The van der Waals surface area contributed by atoms with Gasteiger partial charge in [0.2, 0.25) is 11.9 Å². The lowest BCUT2D eigenvalue weighted by molar-refractivity contribution is -0.117. The molecule has 0 spiro atoms. The van der Waals surface area contributed by atoms with Gasteiger partial charge >= 0.3 is 0 Å². The molecule has 0 aliphatic rings. The number of halogens is 1. The van der Waals surface area contributed by atoms with E-state index in [9.17, 15) is 19.4 Å². The molecular weight excluding hydrogens is 277 g/mol. The van der Waals surface area contributed by atoms with Crippen LogP contribution in [0.1, 0.15) is 5.56 Å². The molecular formula is C14H14FN3O3. The zero-order valence-electron chi connectivity index (χ0n) is 11.0. The topological polar surface area (TPSA) is 108 Å². The average molecular weight is 291 g/mol. The normalized spacial score (nSPS) is 11.9. The SMILES string of the molecule is N[C@@H](Cc1ccc(O)c(O)c1)C(=O)Nc1cccc(F)n1. The second-order valence-corrected chi connectivity index (χ2v) is 4.47. The van der Waals surface area contributed by atoms with Crippen LogP contribution in [0.5, 0.6) is 11.5 Å². The third-order valence-electron chi connectivity index (χ3n) is 2.80. The van der Waals surface area contributed by atoms with Crippen molar-refractivity contribution in [2.45, 2.75) is 12.5 Å². The Labute approximate surface area is 120 Å². The van der Waals surface area contributed by atoms with Crippen molar-refractivity contribution >= 4 is 11.7 Å². The summed E-state index contributed by atoms with van der Waals surface area (Å²) in [6, 6.07) is 7.30. The number of hydrogen-bond acceptors (Lipinski definition) is 5. The van der Waals surface area contributed by atoms with Crippen molar-refractivity contribution in [1.82, 2.24) is 4.98 Å². The first-order chi connectivity index (χ1) is 9.95. The Hall–Kier alpha value is -2.67. The van der Waals surface area contributed by atoms with E-state index in [2.05, 4.69) is 10.3 Å². The maximum Gasteiger partial charge on any atom is 0.242 e. The molecule has 2 aromatic rings. The molecule has 5 N–H and O–H groups in total. The first-order valence-corrected chi connectivity index (χ1v) is 6.15. The lowest BCUT2D eigenvalue weighted by Gasteiger charge is -2.12. The summed E-state index contributed by atoms with van der Waals surface area (Å²) in [5.41, 5.74) is 6.33. The number of benzene rings is 1. The molecule has 0 unspecified atom stereocenters. The van der Waals surface area contributed by atoms with Crippen LogP contribution in [0.4, 0.5) is 10.2 Å². The fourth-order valence-corrected chi connectivity index (χ4v) is 1.74. The quantitative estimate of drug-likeness (QED) is 0.499. The monoisotopic (exact) mass is 291 g/mol. The number of anilines is 1. The van der Waals surface area contributed by atoms with E-state index in [0.717, 1.165) is 6.07 Å². The van der Waals surface area contributed by atoms with Gasteiger partial charge in [0.15, 0.2) is 11.5 Å². The average Bonchev–Trinajstić information content (AvgIpc) is 2.43. The van der Waals surface area contributed by atoms with Gasteiger partial charge in [-0.3, -0.25) is 4.79 Å². The molecule has 7 heteroatoms. The maximum absolute atomic E-state index is 12.9. The van der Waals surface area contributed by atoms with Gasteiger partial charge in [-0.15, -0.1) is 0 Å². The van der Waals surface area contributed by atoms with Crippen molar-refractivity contribution in [2.24, 2.45) is 5.73 Å². The summed E-state index contributed by atoms with van der Waals surface area (Å²) in [6.07, 6.45) is 0.148. The first-order valence-electron chi connectivity index (χ1n) is 6.15. The van der Waals surface area contributed by atoms with Crippen LogP contribution in [0.25, 0.3) is 0 Å². The molecule has 6 nitrogen and oxygen atoms in total. The molecule has 0 saturated carbocycles. The minimum atomic E-state index is -0.904. The lowest BCUT2D eigenvalue weighted by atomic mass is 10.1. The minimum Gasteiger partial charge on any atom is -0.504 e. The summed E-state index contributed by atoms with van der Waals surface area (Å²) >= 11 is 0. The zero-order chi connectivity index (χ0) is 15.4. The Morgan fingerprint density at radius 2 is 2.05 bits per heavy atom. The molecule has 2 rings (SSSR count). The number of nitrogens with two attached hydrogens (primary N) is 1. The number of amides is 1. The summed E-state index contributed by atoms with van der Waals surface area (Å²) in [5.74, 6) is -1.69. The van der Waals surface area contributed by atoms with Gasteiger partial charge in [-0.2, -0.15) is 4.39 Å². The van der Waals surface area contributed by atoms with E-state index in [-0.39, 0.29) is 23.7 Å². The molecule has 1 heterocycles. The second-order valence-electron chi connectivity index (χ2n) is 4.47. The number of aromatic hydroxyl groups is 2. The Kier molecular flexibility index (Phi) is 4.34. The summed E-state index contributed by atoms with van der Waals surface area (Å²) in [5, 5.41) is 21.0. The van der Waals surface area contributed by atoms with Crippen molar-refractivity contribution < 1.29 is 19.4 Å². The van der Waals surface area contributed by atoms with Gasteiger partial charge < -0.3 is 21.3 Å². The predicted octanol–water partition coefficient (Wildman–Crippen LogP) is 1.14. The smallest absolute Gasteiger partial charge is 0.242 e. The number of pyridine rings is 1. The third kappa shape index (κ3) is 3.90. The van der Waals surface area contributed by atoms with Gasteiger partial charge in [-0.05, 0) is 36.2 Å². The Morgan fingerprint density at radius 1 is 1.29 bits per heavy atom. The van der Waals surface area contributed by atoms with E-state index in [0.29, 0.717) is 5.56 Å². The fraction of sp³-hybridized carbons (Fsp3) is 0.143. The van der Waals surface area contributed by atoms with Gasteiger partial charge in [0.05, 0.1) is 6.04 Å². The van der Waals surface area contributed by atoms with E-state index >= 15 is 0 Å². The Bertz CT molecular complexity index is 664. The number of aromatic nitrogens is 1. The highest BCUT2D eigenvalue weighted by molar-refractivity contribution is 5.94. The van der Waals surface area contributed by atoms with E-state index < -0.39 is 17.9 Å². The molecule has 1 aromatic carbocycles. The van der Waals surface area contributed by atoms with Crippen LogP contribution < -0.4 is 11.1 Å². The first kappa shape index (κ1) is 14.7. The van der Waals surface area contributed by atoms with Crippen molar-refractivity contribution in [3.8, 4) is 11.5 Å².